The average molecular weight is 222 g/mol. The predicted octanol–water partition coefficient (Wildman–Crippen LogP) is 2.08. The molecule has 0 bridgehead atoms. The SMILES string of the molecule is C/C=C/C(C#N)(N(C)C)C1(O)CCCCC1. The molecule has 0 aromatic rings. The molecule has 0 aliphatic heterocycles. The summed E-state index contributed by atoms with van der Waals surface area (Å²) in [5, 5.41) is 20.3. The van der Waals surface area contributed by atoms with Crippen LogP contribution in [0.4, 0.5) is 0 Å². The third-order valence-corrected chi connectivity index (χ3v) is 3.67. The van der Waals surface area contributed by atoms with Crippen LogP contribution in [-0.2, 0) is 0 Å². The second kappa shape index (κ2) is 4.99. The third kappa shape index (κ3) is 2.00. The van der Waals surface area contributed by atoms with Crippen molar-refractivity contribution < 1.29 is 5.11 Å². The number of hydrogen-bond donors (Lipinski definition) is 1. The van der Waals surface area contributed by atoms with Crippen molar-refractivity contribution in [1.82, 2.24) is 4.90 Å². The molecule has 1 fully saturated rings. The number of allylic oxidation sites excluding steroid dienone is 1. The van der Waals surface area contributed by atoms with E-state index in [9.17, 15) is 10.4 Å². The molecule has 0 aromatic heterocycles. The fourth-order valence-corrected chi connectivity index (χ4v) is 2.72. The molecule has 1 atom stereocenters. The quantitative estimate of drug-likeness (QED) is 0.744. The van der Waals surface area contributed by atoms with E-state index in [1.54, 1.807) is 0 Å². The van der Waals surface area contributed by atoms with Crippen molar-refractivity contribution in [3.63, 3.8) is 0 Å². The van der Waals surface area contributed by atoms with Crippen LogP contribution in [0.5, 0.6) is 0 Å². The van der Waals surface area contributed by atoms with Gasteiger partial charge >= 0.3 is 0 Å². The minimum Gasteiger partial charge on any atom is -0.386 e. The van der Waals surface area contributed by atoms with Gasteiger partial charge in [0.1, 0.15) is 5.60 Å². The Morgan fingerprint density at radius 1 is 1.31 bits per heavy atom. The molecule has 0 heterocycles. The summed E-state index contributed by atoms with van der Waals surface area (Å²) in [5.74, 6) is 0. The summed E-state index contributed by atoms with van der Waals surface area (Å²) in [6, 6.07) is 2.32. The Morgan fingerprint density at radius 2 is 1.88 bits per heavy atom. The molecule has 1 unspecified atom stereocenters. The van der Waals surface area contributed by atoms with Crippen molar-refractivity contribution in [3.05, 3.63) is 12.2 Å². The fraction of sp³-hybridized carbons (Fsp3) is 0.769. The van der Waals surface area contributed by atoms with Crippen LogP contribution in [0.15, 0.2) is 12.2 Å². The fourth-order valence-electron chi connectivity index (χ4n) is 2.72. The van der Waals surface area contributed by atoms with E-state index in [1.807, 2.05) is 38.1 Å². The van der Waals surface area contributed by atoms with E-state index in [0.717, 1.165) is 19.3 Å². The maximum Gasteiger partial charge on any atom is 0.156 e. The topological polar surface area (TPSA) is 47.3 Å². The van der Waals surface area contributed by atoms with E-state index in [0.29, 0.717) is 12.8 Å². The molecule has 0 radical (unpaired) electrons. The van der Waals surface area contributed by atoms with Crippen molar-refractivity contribution in [2.45, 2.75) is 50.2 Å². The number of hydrogen-bond acceptors (Lipinski definition) is 3. The van der Waals surface area contributed by atoms with Crippen LogP contribution in [0.3, 0.4) is 0 Å². The Morgan fingerprint density at radius 3 is 2.25 bits per heavy atom. The molecule has 16 heavy (non-hydrogen) atoms. The Balaban J connectivity index is 3.13. The minimum atomic E-state index is -0.907. The summed E-state index contributed by atoms with van der Waals surface area (Å²) < 4.78 is 0. The Labute approximate surface area is 98.4 Å². The van der Waals surface area contributed by atoms with Gasteiger partial charge in [-0.2, -0.15) is 5.26 Å². The van der Waals surface area contributed by atoms with Gasteiger partial charge in [0.25, 0.3) is 0 Å². The summed E-state index contributed by atoms with van der Waals surface area (Å²) in [7, 11) is 3.71. The van der Waals surface area contributed by atoms with Crippen LogP contribution >= 0.6 is 0 Å². The summed E-state index contributed by atoms with van der Waals surface area (Å²) in [6.07, 6.45) is 8.28. The molecule has 0 saturated heterocycles. The molecule has 1 aliphatic carbocycles. The van der Waals surface area contributed by atoms with Gasteiger partial charge in [0.2, 0.25) is 0 Å². The lowest BCUT2D eigenvalue weighted by Crippen LogP contribution is -2.61. The molecule has 3 heteroatoms. The normalized spacial score (nSPS) is 24.2. The van der Waals surface area contributed by atoms with E-state index in [1.165, 1.54) is 0 Å². The van der Waals surface area contributed by atoms with Crippen LogP contribution in [-0.4, -0.2) is 35.2 Å². The van der Waals surface area contributed by atoms with Gasteiger partial charge < -0.3 is 5.11 Å². The highest BCUT2D eigenvalue weighted by atomic mass is 16.3. The summed E-state index contributed by atoms with van der Waals surface area (Å²) in [5.41, 5.74) is -1.79. The molecule has 1 N–H and O–H groups in total. The van der Waals surface area contributed by atoms with Crippen LogP contribution in [0.1, 0.15) is 39.0 Å². The van der Waals surface area contributed by atoms with E-state index in [-0.39, 0.29) is 0 Å². The lowest BCUT2D eigenvalue weighted by atomic mass is 9.70. The van der Waals surface area contributed by atoms with Gasteiger partial charge in [-0.25, -0.2) is 0 Å². The maximum absolute atomic E-state index is 10.8. The minimum absolute atomic E-state index is 0.711. The molecule has 0 spiro atoms. The standard InChI is InChI=1S/C13H22N2O/c1-4-8-12(11-14,15(2)3)13(16)9-6-5-7-10-13/h4,8,16H,5-7,9-10H2,1-3H3/b8-4+. The lowest BCUT2D eigenvalue weighted by molar-refractivity contribution is -0.0733. The smallest absolute Gasteiger partial charge is 0.156 e. The average Bonchev–Trinajstić information content (AvgIpc) is 2.26. The highest BCUT2D eigenvalue weighted by Gasteiger charge is 2.51. The zero-order valence-electron chi connectivity index (χ0n) is 10.5. The molecular weight excluding hydrogens is 200 g/mol. The van der Waals surface area contributed by atoms with Gasteiger partial charge in [0.05, 0.1) is 6.07 Å². The number of likely N-dealkylation sites (N-methyl/N-ethyl adjacent to an activating group) is 1. The number of rotatable bonds is 3. The van der Waals surface area contributed by atoms with Crippen LogP contribution in [0, 0.1) is 11.3 Å². The van der Waals surface area contributed by atoms with E-state index >= 15 is 0 Å². The first kappa shape index (κ1) is 13.2. The molecule has 0 amide bonds. The predicted molar refractivity (Wildman–Crippen MR) is 64.9 cm³/mol. The van der Waals surface area contributed by atoms with Crippen LogP contribution in [0.25, 0.3) is 0 Å². The first-order valence-corrected chi connectivity index (χ1v) is 5.97. The molecule has 3 nitrogen and oxygen atoms in total. The van der Waals surface area contributed by atoms with E-state index in [4.69, 9.17) is 0 Å². The largest absolute Gasteiger partial charge is 0.386 e. The molecular formula is C13H22N2O. The van der Waals surface area contributed by atoms with Gasteiger partial charge in [-0.05, 0) is 33.9 Å². The Bertz CT molecular complexity index is 298. The molecule has 1 saturated carbocycles. The summed E-state index contributed by atoms with van der Waals surface area (Å²) in [6.45, 7) is 1.89. The zero-order chi connectivity index (χ0) is 12.2. The second-order valence-corrected chi connectivity index (χ2v) is 4.86. The Hall–Kier alpha value is -0.850. The second-order valence-electron chi connectivity index (χ2n) is 4.86. The molecule has 0 aromatic carbocycles. The van der Waals surface area contributed by atoms with E-state index in [2.05, 4.69) is 6.07 Å². The molecule has 90 valence electrons. The van der Waals surface area contributed by atoms with Gasteiger partial charge in [-0.1, -0.05) is 31.4 Å². The van der Waals surface area contributed by atoms with E-state index < -0.39 is 11.1 Å². The van der Waals surface area contributed by atoms with Gasteiger partial charge in [0.15, 0.2) is 5.54 Å². The van der Waals surface area contributed by atoms with Crippen molar-refractivity contribution in [2.75, 3.05) is 14.1 Å². The summed E-state index contributed by atoms with van der Waals surface area (Å²) in [4.78, 5) is 1.83. The van der Waals surface area contributed by atoms with Crippen LogP contribution in [0.2, 0.25) is 0 Å². The number of nitrogens with zero attached hydrogens (tertiary/aromatic N) is 2. The molecule has 1 rings (SSSR count). The lowest BCUT2D eigenvalue weighted by Gasteiger charge is -2.47. The van der Waals surface area contributed by atoms with Crippen molar-refractivity contribution in [3.8, 4) is 6.07 Å². The van der Waals surface area contributed by atoms with Gasteiger partial charge in [-0.3, -0.25) is 4.90 Å². The first-order valence-electron chi connectivity index (χ1n) is 5.97. The highest BCUT2D eigenvalue weighted by Crippen LogP contribution is 2.40. The maximum atomic E-state index is 10.8. The number of aliphatic hydroxyl groups is 1. The third-order valence-electron chi connectivity index (χ3n) is 3.67. The summed E-state index contributed by atoms with van der Waals surface area (Å²) >= 11 is 0. The number of nitriles is 1. The highest BCUT2D eigenvalue weighted by molar-refractivity contribution is 5.29. The van der Waals surface area contributed by atoms with Crippen molar-refractivity contribution in [2.24, 2.45) is 0 Å². The zero-order valence-corrected chi connectivity index (χ0v) is 10.5. The molecule has 1 aliphatic rings. The van der Waals surface area contributed by atoms with Gasteiger partial charge in [0, 0.05) is 0 Å². The van der Waals surface area contributed by atoms with Gasteiger partial charge in [-0.15, -0.1) is 0 Å². The van der Waals surface area contributed by atoms with Crippen molar-refractivity contribution in [1.29, 1.82) is 5.26 Å². The first-order chi connectivity index (χ1) is 7.52. The van der Waals surface area contributed by atoms with Crippen LogP contribution < -0.4 is 0 Å². The van der Waals surface area contributed by atoms with Crippen molar-refractivity contribution >= 4 is 0 Å². The Kier molecular flexibility index (Phi) is 4.12. The monoisotopic (exact) mass is 222 g/mol.